The fourth-order valence-electron chi connectivity index (χ4n) is 4.27. The Hall–Kier alpha value is -3.51. The van der Waals surface area contributed by atoms with Crippen molar-refractivity contribution in [3.63, 3.8) is 0 Å². The number of pyridine rings is 1. The average molecular weight is 448 g/mol. The van der Waals surface area contributed by atoms with Crippen LogP contribution in [0, 0.1) is 6.57 Å². The number of nitrogens with one attached hydrogen (secondary N) is 1. The van der Waals surface area contributed by atoms with Crippen molar-refractivity contribution in [1.29, 1.82) is 0 Å². The molecule has 1 aromatic carbocycles. The van der Waals surface area contributed by atoms with Gasteiger partial charge in [-0.3, -0.25) is 9.48 Å². The molecule has 2 aromatic heterocycles. The van der Waals surface area contributed by atoms with Crippen LogP contribution in [0.3, 0.4) is 0 Å². The van der Waals surface area contributed by atoms with Crippen LogP contribution in [-0.4, -0.2) is 29.1 Å². The maximum absolute atomic E-state index is 12.9. The Kier molecular flexibility index (Phi) is 5.02. The molecule has 0 saturated heterocycles. The van der Waals surface area contributed by atoms with Gasteiger partial charge >= 0.3 is 0 Å². The number of aryl methyl sites for hydroxylation is 1. The standard InChI is InChI=1S/C23H21N5O3S/c1-24-21-13-16(9-11-25-21)19-8-5-15-3-2-4-18(15)20(19)14-22(29)27-32(30,31)23-10-12-28(26-23)17-6-7-17/h5,8-13,17H,2-4,6-7,14H2,(H,27,29). The SMILES string of the molecule is [C-]#[N+]c1cc(-c2ccc3c(c2CC(=O)NS(=O)(=O)c2ccn(C4CC4)n2)CCC3)ccn1. The quantitative estimate of drug-likeness (QED) is 0.584. The Morgan fingerprint density at radius 2 is 2.06 bits per heavy atom. The number of nitrogens with zero attached hydrogens (tertiary/aromatic N) is 4. The zero-order chi connectivity index (χ0) is 22.3. The monoisotopic (exact) mass is 447 g/mol. The highest BCUT2D eigenvalue weighted by molar-refractivity contribution is 7.90. The van der Waals surface area contributed by atoms with Gasteiger partial charge in [-0.25, -0.2) is 4.72 Å². The number of rotatable bonds is 6. The lowest BCUT2D eigenvalue weighted by Gasteiger charge is -2.15. The molecule has 1 amide bonds. The third-order valence-corrected chi connectivity index (χ3v) is 7.20. The topological polar surface area (TPSA) is 98.3 Å². The van der Waals surface area contributed by atoms with E-state index in [1.54, 1.807) is 29.2 Å². The molecule has 0 aliphatic heterocycles. The van der Waals surface area contributed by atoms with Gasteiger partial charge in [0.1, 0.15) is 6.20 Å². The lowest BCUT2D eigenvalue weighted by atomic mass is 9.91. The average Bonchev–Trinajstić information content (AvgIpc) is 3.29. The molecule has 162 valence electrons. The van der Waals surface area contributed by atoms with Crippen molar-refractivity contribution in [1.82, 2.24) is 19.5 Å². The third kappa shape index (κ3) is 3.89. The summed E-state index contributed by atoms with van der Waals surface area (Å²) in [6.45, 7) is 7.23. The molecule has 8 nitrogen and oxygen atoms in total. The van der Waals surface area contributed by atoms with Crippen LogP contribution in [0.4, 0.5) is 5.82 Å². The van der Waals surface area contributed by atoms with Crippen LogP contribution < -0.4 is 4.72 Å². The summed E-state index contributed by atoms with van der Waals surface area (Å²) in [5.74, 6) is -0.334. The number of amides is 1. The highest BCUT2D eigenvalue weighted by Gasteiger charge is 2.28. The van der Waals surface area contributed by atoms with Gasteiger partial charge in [0.05, 0.1) is 12.5 Å². The van der Waals surface area contributed by atoms with Crippen molar-refractivity contribution in [3.8, 4) is 11.1 Å². The van der Waals surface area contributed by atoms with E-state index in [4.69, 9.17) is 6.57 Å². The van der Waals surface area contributed by atoms with Gasteiger partial charge in [-0.05, 0) is 78.1 Å². The van der Waals surface area contributed by atoms with E-state index in [1.165, 1.54) is 11.6 Å². The molecule has 32 heavy (non-hydrogen) atoms. The Balaban J connectivity index is 1.44. The molecule has 1 fully saturated rings. The van der Waals surface area contributed by atoms with Gasteiger partial charge in [-0.2, -0.15) is 13.5 Å². The molecule has 0 radical (unpaired) electrons. The molecule has 2 aliphatic carbocycles. The van der Waals surface area contributed by atoms with Crippen LogP contribution in [0.5, 0.6) is 0 Å². The second kappa shape index (κ2) is 7.88. The highest BCUT2D eigenvalue weighted by atomic mass is 32.2. The number of aromatic nitrogens is 3. The molecule has 0 unspecified atom stereocenters. The summed E-state index contributed by atoms with van der Waals surface area (Å²) in [5, 5.41) is 3.98. The minimum absolute atomic E-state index is 0.0727. The number of sulfonamides is 1. The first-order valence-electron chi connectivity index (χ1n) is 10.5. The molecule has 0 atom stereocenters. The molecule has 9 heteroatoms. The van der Waals surface area contributed by atoms with E-state index in [1.807, 2.05) is 6.07 Å². The van der Waals surface area contributed by atoms with E-state index in [9.17, 15) is 13.2 Å². The van der Waals surface area contributed by atoms with Gasteiger partial charge in [0, 0.05) is 6.20 Å². The maximum Gasteiger partial charge on any atom is 0.283 e. The summed E-state index contributed by atoms with van der Waals surface area (Å²) >= 11 is 0. The van der Waals surface area contributed by atoms with Crippen LogP contribution >= 0.6 is 0 Å². The Labute approximate surface area is 186 Å². The number of fused-ring (bicyclic) bond motifs is 1. The Bertz CT molecular complexity index is 1370. The van der Waals surface area contributed by atoms with E-state index < -0.39 is 15.9 Å². The van der Waals surface area contributed by atoms with Crippen LogP contribution in [0.25, 0.3) is 16.0 Å². The molecule has 2 aliphatic rings. The fourth-order valence-corrected chi connectivity index (χ4v) is 5.19. The van der Waals surface area contributed by atoms with Crippen molar-refractivity contribution in [2.45, 2.75) is 49.6 Å². The summed E-state index contributed by atoms with van der Waals surface area (Å²) in [6.07, 6.45) is 7.87. The summed E-state index contributed by atoms with van der Waals surface area (Å²) in [7, 11) is -4.05. The van der Waals surface area contributed by atoms with Crippen molar-refractivity contribution in [3.05, 3.63) is 70.8 Å². The smallest absolute Gasteiger partial charge is 0.283 e. The zero-order valence-corrected chi connectivity index (χ0v) is 18.1. The summed E-state index contributed by atoms with van der Waals surface area (Å²) in [5.41, 5.74) is 4.69. The van der Waals surface area contributed by atoms with Crippen molar-refractivity contribution < 1.29 is 13.2 Å². The first-order valence-corrected chi connectivity index (χ1v) is 12.0. The zero-order valence-electron chi connectivity index (χ0n) is 17.3. The second-order valence-corrected chi connectivity index (χ2v) is 9.80. The van der Waals surface area contributed by atoms with Crippen molar-refractivity contribution in [2.75, 3.05) is 0 Å². The van der Waals surface area contributed by atoms with Crippen LogP contribution in [0.2, 0.25) is 0 Å². The lowest BCUT2D eigenvalue weighted by molar-refractivity contribution is -0.118. The van der Waals surface area contributed by atoms with Crippen LogP contribution in [0.15, 0.2) is 47.8 Å². The molecular weight excluding hydrogens is 426 g/mol. The van der Waals surface area contributed by atoms with E-state index in [-0.39, 0.29) is 23.3 Å². The fraction of sp³-hybridized carbons (Fsp3) is 0.304. The summed E-state index contributed by atoms with van der Waals surface area (Å²) in [4.78, 5) is 20.3. The molecule has 2 heterocycles. The minimum atomic E-state index is -4.05. The van der Waals surface area contributed by atoms with Gasteiger partial charge < -0.3 is 4.85 Å². The minimum Gasteiger partial charge on any atom is -0.361 e. The predicted octanol–water partition coefficient (Wildman–Crippen LogP) is 3.37. The lowest BCUT2D eigenvalue weighted by Crippen LogP contribution is -2.32. The summed E-state index contributed by atoms with van der Waals surface area (Å²) in [6, 6.07) is 9.16. The van der Waals surface area contributed by atoms with Gasteiger partial charge in [-0.1, -0.05) is 18.7 Å². The Morgan fingerprint density at radius 1 is 1.22 bits per heavy atom. The largest absolute Gasteiger partial charge is 0.361 e. The molecule has 5 rings (SSSR count). The van der Waals surface area contributed by atoms with Gasteiger partial charge in [0.2, 0.25) is 5.91 Å². The number of hydrogen-bond acceptors (Lipinski definition) is 5. The van der Waals surface area contributed by atoms with E-state index >= 15 is 0 Å². The molecule has 1 saturated carbocycles. The van der Waals surface area contributed by atoms with Crippen molar-refractivity contribution in [2.24, 2.45) is 0 Å². The number of benzene rings is 1. The summed E-state index contributed by atoms with van der Waals surface area (Å²) < 4.78 is 29.2. The Morgan fingerprint density at radius 3 is 2.84 bits per heavy atom. The van der Waals surface area contributed by atoms with E-state index in [0.717, 1.165) is 54.4 Å². The normalized spacial score (nSPS) is 15.2. The molecule has 3 aromatic rings. The van der Waals surface area contributed by atoms with Gasteiger partial charge in [0.25, 0.3) is 15.8 Å². The van der Waals surface area contributed by atoms with Crippen LogP contribution in [-0.2, 0) is 34.1 Å². The molecular formula is C23H21N5O3S. The van der Waals surface area contributed by atoms with Crippen molar-refractivity contribution >= 4 is 21.7 Å². The predicted molar refractivity (Wildman–Crippen MR) is 117 cm³/mol. The molecule has 0 bridgehead atoms. The van der Waals surface area contributed by atoms with Gasteiger partial charge in [0.15, 0.2) is 5.03 Å². The number of hydrogen-bond donors (Lipinski definition) is 1. The maximum atomic E-state index is 12.9. The third-order valence-electron chi connectivity index (χ3n) is 5.94. The first-order chi connectivity index (χ1) is 15.4. The first kappa shape index (κ1) is 20.4. The van der Waals surface area contributed by atoms with E-state index in [0.29, 0.717) is 0 Å². The molecule has 1 N–H and O–H groups in total. The number of carbonyl (C=O) groups is 1. The second-order valence-electron chi connectivity index (χ2n) is 8.17. The van der Waals surface area contributed by atoms with E-state index in [2.05, 4.69) is 25.7 Å². The molecule has 0 spiro atoms. The highest BCUT2D eigenvalue weighted by Crippen LogP contribution is 2.35. The number of carbonyl (C=O) groups excluding carboxylic acids is 1. The van der Waals surface area contributed by atoms with Gasteiger partial charge in [-0.15, -0.1) is 4.98 Å². The van der Waals surface area contributed by atoms with Crippen LogP contribution in [0.1, 0.15) is 42.0 Å².